The zero-order valence-electron chi connectivity index (χ0n) is 8.97. The number of rotatable bonds is 2. The van der Waals surface area contributed by atoms with Crippen LogP contribution in [0.15, 0.2) is 0 Å². The summed E-state index contributed by atoms with van der Waals surface area (Å²) in [6.45, 7) is 4.28. The summed E-state index contributed by atoms with van der Waals surface area (Å²) in [5.41, 5.74) is 7.46. The lowest BCUT2D eigenvalue weighted by molar-refractivity contribution is 0.458. The third-order valence-corrected chi connectivity index (χ3v) is 4.66. The fourth-order valence-electron chi connectivity index (χ4n) is 2.19. The first kappa shape index (κ1) is 10.1. The number of hydrogen-bond donors (Lipinski definition) is 1. The number of nitrogens with zero attached hydrogens (tertiary/aromatic N) is 1. The molecule has 0 aromatic carbocycles. The molecule has 14 heavy (non-hydrogen) atoms. The third-order valence-electron chi connectivity index (χ3n) is 3.14. The molecular formula is C11H18N2S. The van der Waals surface area contributed by atoms with Crippen LogP contribution >= 0.6 is 11.3 Å². The Bertz CT molecular complexity index is 324. The molecule has 1 fully saturated rings. The molecule has 1 aliphatic rings. The molecule has 0 bridgehead atoms. The van der Waals surface area contributed by atoms with Crippen LogP contribution in [0.25, 0.3) is 0 Å². The average Bonchev–Trinajstić information content (AvgIpc) is 2.73. The number of thiazole rings is 1. The van der Waals surface area contributed by atoms with E-state index in [-0.39, 0.29) is 5.54 Å². The molecule has 0 unspecified atom stereocenters. The van der Waals surface area contributed by atoms with Gasteiger partial charge in [-0.15, -0.1) is 11.3 Å². The molecule has 2 nitrogen and oxygen atoms in total. The van der Waals surface area contributed by atoms with Crippen LogP contribution in [-0.2, 0) is 12.0 Å². The highest BCUT2D eigenvalue weighted by atomic mass is 32.1. The van der Waals surface area contributed by atoms with E-state index in [0.29, 0.717) is 0 Å². The van der Waals surface area contributed by atoms with E-state index in [1.54, 1.807) is 0 Å². The highest BCUT2D eigenvalue weighted by molar-refractivity contribution is 7.11. The van der Waals surface area contributed by atoms with Gasteiger partial charge in [-0.25, -0.2) is 4.98 Å². The zero-order chi connectivity index (χ0) is 10.2. The molecule has 1 heterocycles. The summed E-state index contributed by atoms with van der Waals surface area (Å²) in [5, 5.41) is 1.17. The largest absolute Gasteiger partial charge is 0.319 e. The fourth-order valence-corrected chi connectivity index (χ4v) is 3.35. The SMILES string of the molecule is CCc1sc(C2(N)CCCC2)nc1C. The molecule has 0 amide bonds. The van der Waals surface area contributed by atoms with Gasteiger partial charge in [-0.2, -0.15) is 0 Å². The Morgan fingerprint density at radius 2 is 2.07 bits per heavy atom. The zero-order valence-corrected chi connectivity index (χ0v) is 9.78. The Kier molecular flexibility index (Phi) is 2.62. The maximum Gasteiger partial charge on any atom is 0.113 e. The lowest BCUT2D eigenvalue weighted by Gasteiger charge is -2.19. The molecule has 2 N–H and O–H groups in total. The minimum atomic E-state index is -0.0944. The van der Waals surface area contributed by atoms with Crippen molar-refractivity contribution in [1.29, 1.82) is 0 Å². The van der Waals surface area contributed by atoms with E-state index in [2.05, 4.69) is 18.8 Å². The third kappa shape index (κ3) is 1.59. The number of aryl methyl sites for hydroxylation is 2. The molecule has 1 aromatic heterocycles. The van der Waals surface area contributed by atoms with Crippen LogP contribution in [0.1, 0.15) is 48.2 Å². The quantitative estimate of drug-likeness (QED) is 0.815. The van der Waals surface area contributed by atoms with Crippen molar-refractivity contribution in [1.82, 2.24) is 4.98 Å². The molecule has 1 saturated carbocycles. The van der Waals surface area contributed by atoms with Crippen molar-refractivity contribution in [3.05, 3.63) is 15.6 Å². The lowest BCUT2D eigenvalue weighted by atomic mass is 10.0. The van der Waals surface area contributed by atoms with Crippen LogP contribution in [0, 0.1) is 6.92 Å². The van der Waals surface area contributed by atoms with E-state index < -0.39 is 0 Å². The molecule has 0 spiro atoms. The van der Waals surface area contributed by atoms with Crippen molar-refractivity contribution in [3.8, 4) is 0 Å². The standard InChI is InChI=1S/C11H18N2S/c1-3-9-8(2)13-10(14-9)11(12)6-4-5-7-11/h3-7,12H2,1-2H3. The van der Waals surface area contributed by atoms with E-state index in [1.165, 1.54) is 28.4 Å². The van der Waals surface area contributed by atoms with Gasteiger partial charge in [-0.05, 0) is 26.2 Å². The summed E-state index contributed by atoms with van der Waals surface area (Å²) in [6.07, 6.45) is 5.83. The van der Waals surface area contributed by atoms with Crippen molar-refractivity contribution in [2.75, 3.05) is 0 Å². The van der Waals surface area contributed by atoms with Gasteiger partial charge in [0, 0.05) is 4.88 Å². The van der Waals surface area contributed by atoms with Crippen LogP contribution in [-0.4, -0.2) is 4.98 Å². The van der Waals surface area contributed by atoms with Gasteiger partial charge in [0.05, 0.1) is 11.2 Å². The van der Waals surface area contributed by atoms with E-state index in [4.69, 9.17) is 5.73 Å². The smallest absolute Gasteiger partial charge is 0.113 e. The molecular weight excluding hydrogens is 192 g/mol. The van der Waals surface area contributed by atoms with Crippen molar-refractivity contribution in [2.24, 2.45) is 5.73 Å². The normalized spacial score (nSPS) is 20.2. The van der Waals surface area contributed by atoms with Crippen molar-refractivity contribution < 1.29 is 0 Å². The molecule has 1 aromatic rings. The topological polar surface area (TPSA) is 38.9 Å². The highest BCUT2D eigenvalue weighted by Crippen LogP contribution is 2.38. The summed E-state index contributed by atoms with van der Waals surface area (Å²) in [5.74, 6) is 0. The second-order valence-corrected chi connectivity index (χ2v) is 5.33. The Balaban J connectivity index is 2.31. The fraction of sp³-hybridized carbons (Fsp3) is 0.727. The second-order valence-electron chi connectivity index (χ2n) is 4.24. The van der Waals surface area contributed by atoms with E-state index in [0.717, 1.165) is 19.3 Å². The molecule has 2 rings (SSSR count). The average molecular weight is 210 g/mol. The van der Waals surface area contributed by atoms with Gasteiger partial charge < -0.3 is 5.73 Å². The predicted molar refractivity (Wildman–Crippen MR) is 60.6 cm³/mol. The number of aromatic nitrogens is 1. The molecule has 0 aliphatic heterocycles. The van der Waals surface area contributed by atoms with Gasteiger partial charge in [0.25, 0.3) is 0 Å². The Labute approximate surface area is 89.5 Å². The summed E-state index contributed by atoms with van der Waals surface area (Å²) in [4.78, 5) is 6.03. The first-order valence-corrected chi connectivity index (χ1v) is 6.23. The second kappa shape index (κ2) is 3.63. The first-order valence-electron chi connectivity index (χ1n) is 5.41. The van der Waals surface area contributed by atoms with Crippen molar-refractivity contribution in [2.45, 2.75) is 51.5 Å². The number of hydrogen-bond acceptors (Lipinski definition) is 3. The van der Waals surface area contributed by atoms with Gasteiger partial charge in [0.2, 0.25) is 0 Å². The minimum absolute atomic E-state index is 0.0944. The van der Waals surface area contributed by atoms with Crippen LogP contribution in [0.5, 0.6) is 0 Å². The van der Waals surface area contributed by atoms with Gasteiger partial charge >= 0.3 is 0 Å². The van der Waals surface area contributed by atoms with E-state index in [1.807, 2.05) is 11.3 Å². The summed E-state index contributed by atoms with van der Waals surface area (Å²) in [7, 11) is 0. The molecule has 1 aliphatic carbocycles. The van der Waals surface area contributed by atoms with Crippen molar-refractivity contribution in [3.63, 3.8) is 0 Å². The Morgan fingerprint density at radius 1 is 1.43 bits per heavy atom. The monoisotopic (exact) mass is 210 g/mol. The maximum absolute atomic E-state index is 6.37. The minimum Gasteiger partial charge on any atom is -0.319 e. The van der Waals surface area contributed by atoms with Crippen LogP contribution in [0.2, 0.25) is 0 Å². The van der Waals surface area contributed by atoms with E-state index in [9.17, 15) is 0 Å². The molecule has 78 valence electrons. The van der Waals surface area contributed by atoms with Crippen LogP contribution in [0.4, 0.5) is 0 Å². The lowest BCUT2D eigenvalue weighted by Crippen LogP contribution is -2.32. The van der Waals surface area contributed by atoms with Crippen LogP contribution < -0.4 is 5.73 Å². The van der Waals surface area contributed by atoms with Crippen molar-refractivity contribution >= 4 is 11.3 Å². The summed E-state index contributed by atoms with van der Waals surface area (Å²) < 4.78 is 0. The predicted octanol–water partition coefficient (Wildman–Crippen LogP) is 2.74. The molecule has 0 atom stereocenters. The Hall–Kier alpha value is -0.410. The maximum atomic E-state index is 6.37. The summed E-state index contributed by atoms with van der Waals surface area (Å²) >= 11 is 1.82. The van der Waals surface area contributed by atoms with Gasteiger partial charge in [-0.1, -0.05) is 19.8 Å². The molecule has 3 heteroatoms. The summed E-state index contributed by atoms with van der Waals surface area (Å²) in [6, 6.07) is 0. The highest BCUT2D eigenvalue weighted by Gasteiger charge is 2.34. The van der Waals surface area contributed by atoms with E-state index >= 15 is 0 Å². The first-order chi connectivity index (χ1) is 6.65. The Morgan fingerprint density at radius 3 is 2.57 bits per heavy atom. The molecule has 0 saturated heterocycles. The van der Waals surface area contributed by atoms with Crippen LogP contribution in [0.3, 0.4) is 0 Å². The van der Waals surface area contributed by atoms with Gasteiger partial charge in [-0.3, -0.25) is 0 Å². The van der Waals surface area contributed by atoms with Gasteiger partial charge in [0.15, 0.2) is 0 Å². The van der Waals surface area contributed by atoms with Gasteiger partial charge in [0.1, 0.15) is 5.01 Å². The molecule has 0 radical (unpaired) electrons. The number of nitrogens with two attached hydrogens (primary N) is 1.